The van der Waals surface area contributed by atoms with E-state index in [4.69, 9.17) is 9.47 Å². The number of nitrogens with one attached hydrogen (secondary N) is 4. The number of fused-ring (bicyclic) bond motifs is 4. The number of imidazole rings is 1. The van der Waals surface area contributed by atoms with Crippen molar-refractivity contribution in [2.24, 2.45) is 5.92 Å². The third kappa shape index (κ3) is 12.4. The molecule has 3 aliphatic rings. The second kappa shape index (κ2) is 20.5. The summed E-state index contributed by atoms with van der Waals surface area (Å²) in [5.41, 5.74) is 0.248. The summed E-state index contributed by atoms with van der Waals surface area (Å²) in [5, 5.41) is 10.6. The van der Waals surface area contributed by atoms with Gasteiger partial charge in [-0.3, -0.25) is 28.8 Å². The largest absolute Gasteiger partial charge is 0.458 e. The second-order valence-corrected chi connectivity index (χ2v) is 16.5. The van der Waals surface area contributed by atoms with Crippen LogP contribution in [0, 0.1) is 5.92 Å². The van der Waals surface area contributed by atoms with Crippen molar-refractivity contribution < 1.29 is 43.0 Å². The number of aromatic nitrogens is 2. The molecule has 5 atom stereocenters. The fraction of sp³-hybridized carbons (Fsp3) is 0.619. The molecule has 0 spiro atoms. The van der Waals surface area contributed by atoms with Crippen LogP contribution in [0.2, 0.25) is 0 Å². The summed E-state index contributed by atoms with van der Waals surface area (Å²) in [7, 11) is 0. The number of carbonyl (C=O) groups excluding carboxylic acids is 7. The van der Waals surface area contributed by atoms with Gasteiger partial charge in [-0.2, -0.15) is 0 Å². The SMILES string of the molecule is CCCC(NC(=O)[C@@H]1C[C@@H]2CN1C(=O)[C@H](C1CCCCC1)NC(=O)Cc1cn(cn1)CCCCO2)C(=O)C(=O)NCC(=O)N[C@H](C(=O)OC(C)(C)C)c1ccccc1. The Morgan fingerprint density at radius 2 is 1.74 bits per heavy atom. The Morgan fingerprint density at radius 1 is 1.00 bits per heavy atom. The van der Waals surface area contributed by atoms with Crippen molar-refractivity contribution in [1.82, 2.24) is 35.7 Å². The summed E-state index contributed by atoms with van der Waals surface area (Å²) in [4.78, 5) is 101. The van der Waals surface area contributed by atoms with Gasteiger partial charge in [0.1, 0.15) is 17.7 Å². The van der Waals surface area contributed by atoms with Gasteiger partial charge in [-0.25, -0.2) is 9.78 Å². The molecule has 16 heteroatoms. The fourth-order valence-corrected chi connectivity index (χ4v) is 7.82. The van der Waals surface area contributed by atoms with Gasteiger partial charge in [-0.15, -0.1) is 0 Å². The first-order chi connectivity index (χ1) is 27.7. The quantitative estimate of drug-likeness (QED) is 0.182. The smallest absolute Gasteiger partial charge is 0.333 e. The molecular formula is C42H59N7O9. The molecule has 58 heavy (non-hydrogen) atoms. The average molecular weight is 806 g/mol. The predicted molar refractivity (Wildman–Crippen MR) is 212 cm³/mol. The van der Waals surface area contributed by atoms with E-state index in [0.29, 0.717) is 30.8 Å². The number of esters is 1. The van der Waals surface area contributed by atoms with Crippen molar-refractivity contribution in [1.29, 1.82) is 0 Å². The Hall–Kier alpha value is -5.12. The van der Waals surface area contributed by atoms with Gasteiger partial charge in [0.2, 0.25) is 29.4 Å². The molecular weight excluding hydrogens is 747 g/mol. The van der Waals surface area contributed by atoms with Crippen molar-refractivity contribution in [3.63, 3.8) is 0 Å². The number of benzene rings is 1. The lowest BCUT2D eigenvalue weighted by Crippen LogP contribution is -2.58. The van der Waals surface area contributed by atoms with Gasteiger partial charge in [0.15, 0.2) is 6.04 Å². The Balaban J connectivity index is 1.27. The maximum atomic E-state index is 14.5. The van der Waals surface area contributed by atoms with Crippen LogP contribution in [0.25, 0.3) is 0 Å². The average Bonchev–Trinajstić information content (AvgIpc) is 3.84. The molecule has 1 saturated heterocycles. The van der Waals surface area contributed by atoms with Crippen LogP contribution in [0.5, 0.6) is 0 Å². The van der Waals surface area contributed by atoms with Crippen molar-refractivity contribution >= 4 is 41.3 Å². The molecule has 4 bridgehead atoms. The third-order valence-electron chi connectivity index (χ3n) is 10.7. The lowest BCUT2D eigenvalue weighted by atomic mass is 9.83. The van der Waals surface area contributed by atoms with Crippen molar-refractivity contribution in [3.8, 4) is 0 Å². The molecule has 316 valence electrons. The van der Waals surface area contributed by atoms with Crippen LogP contribution in [-0.2, 0) is 56.0 Å². The van der Waals surface area contributed by atoms with Crippen molar-refractivity contribution in [2.45, 2.75) is 141 Å². The minimum Gasteiger partial charge on any atom is -0.458 e. The maximum absolute atomic E-state index is 14.5. The van der Waals surface area contributed by atoms with Crippen molar-refractivity contribution in [3.05, 3.63) is 54.1 Å². The molecule has 1 aliphatic carbocycles. The zero-order valence-corrected chi connectivity index (χ0v) is 34.1. The highest BCUT2D eigenvalue weighted by molar-refractivity contribution is 6.38. The standard InChI is InChI=1S/C42H59N7O9/c1-5-14-31(37(52)39(54)43-23-34(51)47-36(28-17-10-7-11-18-28)41(56)58-42(2,3)4)45-38(53)32-22-30-25-49(32)40(55)35(27-15-8-6-9-16-27)46-33(50)21-29-24-48(26-44-29)19-12-13-20-57-30/h7,10-11,17-18,24,26-27,30-32,35-36H,5-6,8-9,12-16,19-23,25H2,1-4H3,(H,43,54)(H,45,53)(H,46,50)(H,47,51)/t30-,31?,32+,35+,36+/m1/s1. The zero-order chi connectivity index (χ0) is 41.8. The molecule has 1 unspecified atom stereocenters. The number of hydrogen-bond donors (Lipinski definition) is 4. The molecule has 2 fully saturated rings. The van der Waals surface area contributed by atoms with Gasteiger partial charge in [-0.05, 0) is 64.4 Å². The predicted octanol–water partition coefficient (Wildman–Crippen LogP) is 2.44. The topological polar surface area (TPSA) is 207 Å². The molecule has 4 N–H and O–H groups in total. The molecule has 0 radical (unpaired) electrons. The highest BCUT2D eigenvalue weighted by atomic mass is 16.6. The third-order valence-corrected chi connectivity index (χ3v) is 10.7. The highest BCUT2D eigenvalue weighted by Crippen LogP contribution is 2.30. The van der Waals surface area contributed by atoms with Gasteiger partial charge < -0.3 is 40.2 Å². The minimum absolute atomic E-state index is 0.0149. The van der Waals surface area contributed by atoms with Crippen LogP contribution < -0.4 is 21.3 Å². The number of nitrogens with zero attached hydrogens (tertiary/aromatic N) is 3. The molecule has 1 aromatic heterocycles. The van der Waals surface area contributed by atoms with Gasteiger partial charge in [-0.1, -0.05) is 62.9 Å². The van der Waals surface area contributed by atoms with Gasteiger partial charge in [0, 0.05) is 32.3 Å². The summed E-state index contributed by atoms with van der Waals surface area (Å²) in [6.07, 6.45) is 9.75. The molecule has 5 rings (SSSR count). The van der Waals surface area contributed by atoms with Gasteiger partial charge in [0.05, 0.1) is 37.1 Å². The first-order valence-corrected chi connectivity index (χ1v) is 20.6. The number of aryl methyl sites for hydroxylation is 1. The van der Waals surface area contributed by atoms with Crippen LogP contribution in [0.15, 0.2) is 42.9 Å². The van der Waals surface area contributed by atoms with Crippen molar-refractivity contribution in [2.75, 3.05) is 19.7 Å². The number of hydrogen-bond acceptors (Lipinski definition) is 10. The number of Topliss-reactive ketones (excluding diaryl/α,β-unsaturated/α-hetero) is 1. The van der Waals surface area contributed by atoms with E-state index in [1.807, 2.05) is 10.8 Å². The fourth-order valence-electron chi connectivity index (χ4n) is 7.82. The van der Waals surface area contributed by atoms with E-state index < -0.39 is 71.9 Å². The minimum atomic E-state index is -1.24. The summed E-state index contributed by atoms with van der Waals surface area (Å²) in [5.74, 6) is -4.93. The van der Waals surface area contributed by atoms with Crippen LogP contribution in [0.3, 0.4) is 0 Å². The Labute approximate surface area is 339 Å². The van der Waals surface area contributed by atoms with Gasteiger partial charge in [0.25, 0.3) is 5.91 Å². The maximum Gasteiger partial charge on any atom is 0.333 e. The van der Waals surface area contributed by atoms with Gasteiger partial charge >= 0.3 is 5.97 Å². The molecule has 16 nitrogen and oxygen atoms in total. The van der Waals surface area contributed by atoms with E-state index in [0.717, 1.165) is 44.9 Å². The molecule has 1 saturated carbocycles. The summed E-state index contributed by atoms with van der Waals surface area (Å²) in [6, 6.07) is 4.21. The van der Waals surface area contributed by atoms with E-state index >= 15 is 0 Å². The number of ether oxygens (including phenoxy) is 2. The van der Waals surface area contributed by atoms with E-state index in [-0.39, 0.29) is 43.5 Å². The molecule has 5 amide bonds. The van der Waals surface area contributed by atoms with E-state index in [1.54, 1.807) is 64.4 Å². The van der Waals surface area contributed by atoms with Crippen LogP contribution in [0.1, 0.15) is 109 Å². The number of amides is 5. The molecule has 1 aromatic carbocycles. The summed E-state index contributed by atoms with van der Waals surface area (Å²) >= 11 is 0. The summed E-state index contributed by atoms with van der Waals surface area (Å²) in [6.45, 7) is 7.54. The number of carbonyl (C=O) groups is 7. The highest BCUT2D eigenvalue weighted by Gasteiger charge is 2.45. The zero-order valence-electron chi connectivity index (χ0n) is 34.1. The van der Waals surface area contributed by atoms with Crippen LogP contribution in [-0.4, -0.2) is 105 Å². The Bertz CT molecular complexity index is 1770. The molecule has 3 heterocycles. The normalized spacial score (nSPS) is 21.9. The first kappa shape index (κ1) is 44.0. The van der Waals surface area contributed by atoms with Crippen LogP contribution in [0.4, 0.5) is 0 Å². The van der Waals surface area contributed by atoms with Crippen LogP contribution >= 0.6 is 0 Å². The van der Waals surface area contributed by atoms with E-state index in [2.05, 4.69) is 26.3 Å². The lowest BCUT2D eigenvalue weighted by molar-refractivity contribution is -0.158. The van der Waals surface area contributed by atoms with E-state index in [9.17, 15) is 33.6 Å². The molecule has 2 aliphatic heterocycles. The monoisotopic (exact) mass is 805 g/mol. The number of rotatable bonds is 12. The Morgan fingerprint density at radius 3 is 2.45 bits per heavy atom. The number of ketones is 1. The molecule has 2 aromatic rings. The second-order valence-electron chi connectivity index (χ2n) is 16.5. The first-order valence-electron chi connectivity index (χ1n) is 20.6. The summed E-state index contributed by atoms with van der Waals surface area (Å²) < 4.78 is 13.6. The lowest BCUT2D eigenvalue weighted by Gasteiger charge is -2.34. The Kier molecular flexibility index (Phi) is 15.6. The van der Waals surface area contributed by atoms with E-state index in [1.165, 1.54) is 4.90 Å².